The molecule has 0 saturated heterocycles. The summed E-state index contributed by atoms with van der Waals surface area (Å²) < 4.78 is 33.8. The average Bonchev–Trinajstić information content (AvgIpc) is 3.06. The number of hydrogen-bond donors (Lipinski definition) is 0. The second-order valence-corrected chi connectivity index (χ2v) is 8.84. The van der Waals surface area contributed by atoms with E-state index in [-0.39, 0.29) is 11.3 Å². The fourth-order valence-electron chi connectivity index (χ4n) is 3.26. The summed E-state index contributed by atoms with van der Waals surface area (Å²) in [5.74, 6) is 0.216. The summed E-state index contributed by atoms with van der Waals surface area (Å²) >= 11 is 0. The highest BCUT2D eigenvalue weighted by Crippen LogP contribution is 2.21. The van der Waals surface area contributed by atoms with Crippen LogP contribution in [0.5, 0.6) is 0 Å². The third kappa shape index (κ3) is 4.12. The molecule has 1 aromatic carbocycles. The van der Waals surface area contributed by atoms with Crippen molar-refractivity contribution in [2.45, 2.75) is 30.8 Å². The molecule has 9 heteroatoms. The molecule has 8 nitrogen and oxygen atoms in total. The molecule has 158 valence electrons. The zero-order chi connectivity index (χ0) is 21.9. The van der Waals surface area contributed by atoms with E-state index in [4.69, 9.17) is 4.74 Å². The molecule has 0 bridgehead atoms. The van der Waals surface area contributed by atoms with Crippen LogP contribution in [-0.4, -0.2) is 53.4 Å². The van der Waals surface area contributed by atoms with Gasteiger partial charge in [-0.05, 0) is 37.1 Å². The van der Waals surface area contributed by atoms with E-state index in [2.05, 4.69) is 16.5 Å². The lowest BCUT2D eigenvalue weighted by Crippen LogP contribution is -2.42. The number of benzene rings is 1. The van der Waals surface area contributed by atoms with Crippen molar-refractivity contribution >= 4 is 27.0 Å². The number of aryl methyl sites for hydroxylation is 1. The maximum atomic E-state index is 13.0. The van der Waals surface area contributed by atoms with Crippen molar-refractivity contribution in [3.63, 3.8) is 0 Å². The summed E-state index contributed by atoms with van der Waals surface area (Å²) in [6.45, 7) is 6.04. The molecule has 1 unspecified atom stereocenters. The summed E-state index contributed by atoms with van der Waals surface area (Å²) in [7, 11) is -1.29. The number of sulfonamides is 1. The van der Waals surface area contributed by atoms with Gasteiger partial charge in [0.15, 0.2) is 0 Å². The number of pyridine rings is 1. The van der Waals surface area contributed by atoms with Crippen LogP contribution in [0.1, 0.15) is 17.8 Å². The molecule has 0 N–H and O–H groups in total. The molecule has 0 fully saturated rings. The van der Waals surface area contributed by atoms with Crippen LogP contribution in [0, 0.1) is 6.92 Å². The largest absolute Gasteiger partial charge is 0.468 e. The average molecular weight is 429 g/mol. The first-order valence-electron chi connectivity index (χ1n) is 9.32. The van der Waals surface area contributed by atoms with Gasteiger partial charge in [-0.1, -0.05) is 18.2 Å². The predicted octanol–water partition coefficient (Wildman–Crippen LogP) is 2.53. The van der Waals surface area contributed by atoms with Crippen LogP contribution in [0.3, 0.4) is 0 Å². The summed E-state index contributed by atoms with van der Waals surface area (Å²) in [5, 5.41) is 0. The molecule has 2 aromatic heterocycles. The monoisotopic (exact) mass is 428 g/mol. The smallest absolute Gasteiger partial charge is 0.324 e. The number of likely N-dealkylation sites (N-methyl/N-ethyl adjacent to an activating group) is 1. The Bertz CT molecular complexity index is 1170. The number of fused-ring (bicyclic) bond motifs is 1. The highest BCUT2D eigenvalue weighted by molar-refractivity contribution is 7.89. The van der Waals surface area contributed by atoms with Crippen molar-refractivity contribution in [1.29, 1.82) is 0 Å². The molecule has 2 heterocycles. The van der Waals surface area contributed by atoms with Gasteiger partial charge in [-0.3, -0.25) is 9.78 Å². The Balaban J connectivity index is 1.86. The van der Waals surface area contributed by atoms with Crippen LogP contribution >= 0.6 is 0 Å². The molecule has 3 rings (SSSR count). The number of hydrogen-bond acceptors (Lipinski definition) is 6. The van der Waals surface area contributed by atoms with Crippen molar-refractivity contribution in [2.75, 3.05) is 14.2 Å². The van der Waals surface area contributed by atoms with E-state index in [9.17, 15) is 13.2 Å². The van der Waals surface area contributed by atoms with Gasteiger partial charge in [0.1, 0.15) is 11.9 Å². The Morgan fingerprint density at radius 3 is 2.63 bits per heavy atom. The molecule has 0 aliphatic heterocycles. The van der Waals surface area contributed by atoms with Crippen LogP contribution in [-0.2, 0) is 26.1 Å². The molecular formula is C21H24N4O4S. The quantitative estimate of drug-likeness (QED) is 0.404. The number of esters is 1. The molecule has 0 spiro atoms. The third-order valence-corrected chi connectivity index (χ3v) is 6.87. The van der Waals surface area contributed by atoms with Crippen molar-refractivity contribution in [3.8, 4) is 0 Å². The van der Waals surface area contributed by atoms with E-state index in [1.807, 2.05) is 17.6 Å². The van der Waals surface area contributed by atoms with E-state index in [0.717, 1.165) is 26.7 Å². The minimum Gasteiger partial charge on any atom is -0.468 e. The highest BCUT2D eigenvalue weighted by Gasteiger charge is 2.32. The van der Waals surface area contributed by atoms with Crippen molar-refractivity contribution in [1.82, 2.24) is 18.8 Å². The zero-order valence-electron chi connectivity index (χ0n) is 17.1. The topological polar surface area (TPSA) is 94.4 Å². The van der Waals surface area contributed by atoms with Gasteiger partial charge in [0.25, 0.3) is 0 Å². The maximum Gasteiger partial charge on any atom is 0.324 e. The van der Waals surface area contributed by atoms with Crippen LogP contribution in [0.25, 0.3) is 11.0 Å². The standard InChI is InChI=1S/C21H24N4O4S/c1-5-6-19(21(26)29-4)24(3)30(27,28)17-9-7-16(8-10-17)14-25-15(2)23-18-11-12-22-13-20(18)25/h5,7-13,19H,1,6,14H2,2-4H3. The van der Waals surface area contributed by atoms with E-state index in [0.29, 0.717) is 6.54 Å². The molecule has 0 radical (unpaired) electrons. The lowest BCUT2D eigenvalue weighted by atomic mass is 10.2. The van der Waals surface area contributed by atoms with Gasteiger partial charge in [0.05, 0.1) is 29.2 Å². The highest BCUT2D eigenvalue weighted by atomic mass is 32.2. The van der Waals surface area contributed by atoms with E-state index in [1.165, 1.54) is 32.4 Å². The van der Waals surface area contributed by atoms with Crippen molar-refractivity contribution < 1.29 is 17.9 Å². The van der Waals surface area contributed by atoms with Crippen LogP contribution in [0.15, 0.2) is 60.3 Å². The second-order valence-electron chi connectivity index (χ2n) is 6.84. The number of nitrogens with zero attached hydrogens (tertiary/aromatic N) is 4. The molecule has 0 amide bonds. The van der Waals surface area contributed by atoms with Gasteiger partial charge in [-0.25, -0.2) is 13.4 Å². The van der Waals surface area contributed by atoms with E-state index in [1.54, 1.807) is 24.5 Å². The van der Waals surface area contributed by atoms with Gasteiger partial charge in [0.2, 0.25) is 10.0 Å². The van der Waals surface area contributed by atoms with Crippen LogP contribution in [0.2, 0.25) is 0 Å². The number of ether oxygens (including phenoxy) is 1. The molecule has 1 atom stereocenters. The van der Waals surface area contributed by atoms with Crippen LogP contribution in [0.4, 0.5) is 0 Å². The first-order chi connectivity index (χ1) is 14.3. The minimum atomic E-state index is -3.88. The normalized spacial score (nSPS) is 12.8. The zero-order valence-corrected chi connectivity index (χ0v) is 18.0. The summed E-state index contributed by atoms with van der Waals surface area (Å²) in [4.78, 5) is 20.8. The van der Waals surface area contributed by atoms with Crippen LogP contribution < -0.4 is 0 Å². The Labute approximate surface area is 175 Å². The molecular weight excluding hydrogens is 404 g/mol. The lowest BCUT2D eigenvalue weighted by Gasteiger charge is -2.24. The number of imidazole rings is 1. The first-order valence-corrected chi connectivity index (χ1v) is 10.8. The van der Waals surface area contributed by atoms with E-state index >= 15 is 0 Å². The van der Waals surface area contributed by atoms with Crippen molar-refractivity contribution in [2.24, 2.45) is 0 Å². The number of aromatic nitrogens is 3. The number of carbonyl (C=O) groups excluding carboxylic acids is 1. The Hall–Kier alpha value is -3.04. The number of carbonyl (C=O) groups is 1. The van der Waals surface area contributed by atoms with Gasteiger partial charge in [-0.2, -0.15) is 4.31 Å². The number of methoxy groups -OCH3 is 1. The molecule has 0 aliphatic rings. The summed E-state index contributed by atoms with van der Waals surface area (Å²) in [6, 6.07) is 7.47. The second kappa shape index (κ2) is 8.76. The Morgan fingerprint density at radius 2 is 2.00 bits per heavy atom. The molecule has 30 heavy (non-hydrogen) atoms. The van der Waals surface area contributed by atoms with Gasteiger partial charge < -0.3 is 9.30 Å². The summed E-state index contributed by atoms with van der Waals surface area (Å²) in [6.07, 6.45) is 5.10. The third-order valence-electron chi connectivity index (χ3n) is 4.98. The lowest BCUT2D eigenvalue weighted by molar-refractivity contribution is -0.144. The number of rotatable bonds is 8. The van der Waals surface area contributed by atoms with Gasteiger partial charge >= 0.3 is 5.97 Å². The first kappa shape index (κ1) is 21.7. The van der Waals surface area contributed by atoms with Gasteiger partial charge in [-0.15, -0.1) is 6.58 Å². The molecule has 0 aliphatic carbocycles. The van der Waals surface area contributed by atoms with Gasteiger partial charge in [0, 0.05) is 19.8 Å². The molecule has 0 saturated carbocycles. The Kier molecular flexibility index (Phi) is 6.33. The minimum absolute atomic E-state index is 0.0978. The van der Waals surface area contributed by atoms with Crippen molar-refractivity contribution in [3.05, 3.63) is 66.8 Å². The predicted molar refractivity (Wildman–Crippen MR) is 113 cm³/mol. The summed E-state index contributed by atoms with van der Waals surface area (Å²) in [5.41, 5.74) is 2.69. The van der Waals surface area contributed by atoms with E-state index < -0.39 is 22.0 Å². The maximum absolute atomic E-state index is 13.0. The molecule has 3 aromatic rings. The fourth-order valence-corrected chi connectivity index (χ4v) is 4.58. The Morgan fingerprint density at radius 1 is 1.30 bits per heavy atom. The SMILES string of the molecule is C=CCC(C(=O)OC)N(C)S(=O)(=O)c1ccc(Cn2c(C)nc3ccncc32)cc1. The fraction of sp³-hybridized carbons (Fsp3) is 0.286.